The summed E-state index contributed by atoms with van der Waals surface area (Å²) >= 11 is 0. The minimum atomic E-state index is 0.998. The van der Waals surface area contributed by atoms with Crippen molar-refractivity contribution >= 4 is 5.71 Å². The van der Waals surface area contributed by atoms with E-state index in [-0.39, 0.29) is 0 Å². The number of hydrogen-bond acceptors (Lipinski definition) is 2. The van der Waals surface area contributed by atoms with Crippen LogP contribution in [-0.4, -0.2) is 30.2 Å². The zero-order valence-corrected chi connectivity index (χ0v) is 7.74. The summed E-state index contributed by atoms with van der Waals surface area (Å²) in [5.74, 6) is 0.998. The zero-order chi connectivity index (χ0) is 8.67. The van der Waals surface area contributed by atoms with Gasteiger partial charge in [0.2, 0.25) is 0 Å². The highest BCUT2D eigenvalue weighted by molar-refractivity contribution is 6.02. The summed E-state index contributed by atoms with van der Waals surface area (Å²) in [4.78, 5) is 2.54. The Bertz CT molecular complexity index is 276. The quantitative estimate of drug-likeness (QED) is 0.616. The van der Waals surface area contributed by atoms with Crippen LogP contribution in [0.15, 0.2) is 16.9 Å². The van der Waals surface area contributed by atoms with Crippen LogP contribution in [0.2, 0.25) is 0 Å². The normalized spacial score (nSPS) is 27.7. The molecule has 0 N–H and O–H groups in total. The SMILES string of the molecule is C1=C2CN(CC3CC3)CCC2=N[N]1. The first kappa shape index (κ1) is 7.56. The fourth-order valence-electron chi connectivity index (χ4n) is 2.06. The maximum atomic E-state index is 4.11. The Kier molecular flexibility index (Phi) is 1.65. The molecule has 0 spiro atoms. The van der Waals surface area contributed by atoms with E-state index in [1.807, 2.05) is 6.20 Å². The molecule has 0 atom stereocenters. The van der Waals surface area contributed by atoms with Crippen molar-refractivity contribution in [1.82, 2.24) is 10.3 Å². The molecule has 0 unspecified atom stereocenters. The van der Waals surface area contributed by atoms with Gasteiger partial charge >= 0.3 is 0 Å². The summed E-state index contributed by atoms with van der Waals surface area (Å²) < 4.78 is 0. The molecular weight excluding hydrogens is 162 g/mol. The van der Waals surface area contributed by atoms with Gasteiger partial charge in [-0.05, 0) is 18.8 Å². The summed E-state index contributed by atoms with van der Waals surface area (Å²) in [6.45, 7) is 3.56. The van der Waals surface area contributed by atoms with Crippen molar-refractivity contribution in [2.75, 3.05) is 19.6 Å². The molecule has 0 aromatic heterocycles. The monoisotopic (exact) mass is 176 g/mol. The minimum absolute atomic E-state index is 0.998. The summed E-state index contributed by atoms with van der Waals surface area (Å²) in [6, 6.07) is 0. The molecule has 1 radical (unpaired) electrons. The molecular formula is C10H14N3. The maximum absolute atomic E-state index is 4.11. The molecule has 3 nitrogen and oxygen atoms in total. The van der Waals surface area contributed by atoms with Crippen LogP contribution in [0.4, 0.5) is 0 Å². The van der Waals surface area contributed by atoms with Crippen molar-refractivity contribution in [3.63, 3.8) is 0 Å². The summed E-state index contributed by atoms with van der Waals surface area (Å²) in [5, 5.41) is 4.11. The van der Waals surface area contributed by atoms with Gasteiger partial charge in [0, 0.05) is 31.6 Å². The average Bonchev–Trinajstić information content (AvgIpc) is 2.83. The molecule has 2 heterocycles. The van der Waals surface area contributed by atoms with E-state index in [1.54, 1.807) is 0 Å². The molecule has 0 aromatic rings. The molecule has 2 fully saturated rings. The number of hydrogen-bond donors (Lipinski definition) is 0. The molecule has 13 heavy (non-hydrogen) atoms. The second kappa shape index (κ2) is 2.84. The Labute approximate surface area is 78.5 Å². The standard InChI is InChI=1S/C10H14N3/c1-2-8(1)6-13-4-3-10-9(7-13)5-11-12-10/h5,8H,1-4,6-7H2. The molecule has 0 aromatic carbocycles. The van der Waals surface area contributed by atoms with Crippen LogP contribution >= 0.6 is 0 Å². The Balaban J connectivity index is 1.64. The van der Waals surface area contributed by atoms with Gasteiger partial charge in [-0.2, -0.15) is 10.5 Å². The second-order valence-corrected chi connectivity index (χ2v) is 4.24. The Morgan fingerprint density at radius 1 is 1.46 bits per heavy atom. The van der Waals surface area contributed by atoms with E-state index < -0.39 is 0 Å². The van der Waals surface area contributed by atoms with Gasteiger partial charge in [0.05, 0.1) is 11.9 Å². The number of nitrogens with zero attached hydrogens (tertiary/aromatic N) is 3. The fourth-order valence-corrected chi connectivity index (χ4v) is 2.06. The molecule has 3 heteroatoms. The van der Waals surface area contributed by atoms with Gasteiger partial charge in [0.1, 0.15) is 0 Å². The molecule has 2 aliphatic heterocycles. The van der Waals surface area contributed by atoms with Gasteiger partial charge in [-0.3, -0.25) is 4.90 Å². The molecule has 3 aliphatic rings. The van der Waals surface area contributed by atoms with Crippen LogP contribution in [0.1, 0.15) is 19.3 Å². The van der Waals surface area contributed by atoms with Crippen molar-refractivity contribution in [3.05, 3.63) is 11.8 Å². The molecule has 1 aliphatic carbocycles. The van der Waals surface area contributed by atoms with E-state index in [0.717, 1.165) is 18.9 Å². The van der Waals surface area contributed by atoms with Crippen molar-refractivity contribution in [2.24, 2.45) is 11.0 Å². The predicted molar refractivity (Wildman–Crippen MR) is 51.4 cm³/mol. The van der Waals surface area contributed by atoms with E-state index in [1.165, 1.54) is 37.2 Å². The van der Waals surface area contributed by atoms with Crippen molar-refractivity contribution in [2.45, 2.75) is 19.3 Å². The lowest BCUT2D eigenvalue weighted by atomic mass is 10.0. The maximum Gasteiger partial charge on any atom is 0.0704 e. The largest absolute Gasteiger partial charge is 0.298 e. The highest BCUT2D eigenvalue weighted by Crippen LogP contribution is 2.31. The first-order valence-corrected chi connectivity index (χ1v) is 5.10. The van der Waals surface area contributed by atoms with Gasteiger partial charge in [-0.25, -0.2) is 0 Å². The fraction of sp³-hybridized carbons (Fsp3) is 0.700. The molecule has 3 rings (SSSR count). The average molecular weight is 176 g/mol. The molecule has 0 amide bonds. The van der Waals surface area contributed by atoms with Gasteiger partial charge in [-0.15, -0.1) is 0 Å². The van der Waals surface area contributed by atoms with Gasteiger partial charge in [0.25, 0.3) is 0 Å². The van der Waals surface area contributed by atoms with Crippen LogP contribution < -0.4 is 5.43 Å². The molecule has 1 saturated carbocycles. The topological polar surface area (TPSA) is 29.7 Å². The molecule has 0 bridgehead atoms. The third kappa shape index (κ3) is 1.48. The Hall–Kier alpha value is -0.830. The van der Waals surface area contributed by atoms with Gasteiger partial charge < -0.3 is 0 Å². The van der Waals surface area contributed by atoms with Crippen LogP contribution in [-0.2, 0) is 0 Å². The van der Waals surface area contributed by atoms with Crippen LogP contribution in [0.25, 0.3) is 0 Å². The Morgan fingerprint density at radius 2 is 2.38 bits per heavy atom. The first-order valence-electron chi connectivity index (χ1n) is 5.10. The molecule has 1 saturated heterocycles. The predicted octanol–water partition coefficient (Wildman–Crippen LogP) is 0.960. The lowest BCUT2D eigenvalue weighted by molar-refractivity contribution is 0.286. The third-order valence-corrected chi connectivity index (χ3v) is 3.03. The third-order valence-electron chi connectivity index (χ3n) is 3.03. The number of likely N-dealkylation sites (tertiary alicyclic amines) is 1. The number of fused-ring (bicyclic) bond motifs is 1. The highest BCUT2D eigenvalue weighted by Gasteiger charge is 2.28. The van der Waals surface area contributed by atoms with E-state index >= 15 is 0 Å². The lowest BCUT2D eigenvalue weighted by Gasteiger charge is -2.27. The lowest BCUT2D eigenvalue weighted by Crippen LogP contribution is -2.36. The van der Waals surface area contributed by atoms with Crippen LogP contribution in [0.5, 0.6) is 0 Å². The van der Waals surface area contributed by atoms with Crippen LogP contribution in [0.3, 0.4) is 0 Å². The van der Waals surface area contributed by atoms with Crippen molar-refractivity contribution < 1.29 is 0 Å². The van der Waals surface area contributed by atoms with Crippen molar-refractivity contribution in [1.29, 1.82) is 0 Å². The summed E-state index contributed by atoms with van der Waals surface area (Å²) in [7, 11) is 0. The zero-order valence-electron chi connectivity index (χ0n) is 7.74. The molecule has 69 valence electrons. The van der Waals surface area contributed by atoms with Gasteiger partial charge in [-0.1, -0.05) is 0 Å². The second-order valence-electron chi connectivity index (χ2n) is 4.24. The van der Waals surface area contributed by atoms with Gasteiger partial charge in [0.15, 0.2) is 0 Å². The van der Waals surface area contributed by atoms with E-state index in [9.17, 15) is 0 Å². The van der Waals surface area contributed by atoms with E-state index in [4.69, 9.17) is 0 Å². The Morgan fingerprint density at radius 3 is 3.23 bits per heavy atom. The van der Waals surface area contributed by atoms with Crippen LogP contribution in [0, 0.1) is 5.92 Å². The summed E-state index contributed by atoms with van der Waals surface area (Å²) in [6.07, 6.45) is 5.91. The highest BCUT2D eigenvalue weighted by atomic mass is 15.3. The smallest absolute Gasteiger partial charge is 0.0704 e. The van der Waals surface area contributed by atoms with E-state index in [0.29, 0.717) is 0 Å². The summed E-state index contributed by atoms with van der Waals surface area (Å²) in [5.41, 5.74) is 6.54. The number of piperidine rings is 1. The van der Waals surface area contributed by atoms with E-state index in [2.05, 4.69) is 15.4 Å². The minimum Gasteiger partial charge on any atom is -0.298 e. The number of rotatable bonds is 2. The first-order chi connectivity index (χ1) is 6.42. The van der Waals surface area contributed by atoms with Crippen molar-refractivity contribution in [3.8, 4) is 0 Å².